The number of amides is 1. The summed E-state index contributed by atoms with van der Waals surface area (Å²) in [5, 5.41) is 9.55. The Morgan fingerprint density at radius 1 is 1.62 bits per heavy atom. The van der Waals surface area contributed by atoms with Gasteiger partial charge in [-0.2, -0.15) is 0 Å². The molecule has 0 aromatic carbocycles. The monoisotopic (exact) mass is 112 g/mol. The predicted molar refractivity (Wildman–Crippen MR) is 30.0 cm³/mol. The maximum absolute atomic E-state index is 10.5. The van der Waals surface area contributed by atoms with Gasteiger partial charge >= 0.3 is 0 Å². The third-order valence-corrected chi connectivity index (χ3v) is 1.16. The van der Waals surface area contributed by atoms with Crippen molar-refractivity contribution in [2.75, 3.05) is 6.54 Å². The van der Waals surface area contributed by atoms with Crippen LogP contribution in [0.3, 0.4) is 0 Å². The highest BCUT2D eigenvalue weighted by Gasteiger charge is 2.12. The lowest BCUT2D eigenvalue weighted by molar-refractivity contribution is -0.115. The van der Waals surface area contributed by atoms with Crippen LogP contribution < -0.4 is 5.32 Å². The summed E-state index contributed by atoms with van der Waals surface area (Å²) in [7, 11) is 0. The van der Waals surface area contributed by atoms with E-state index in [0.29, 0.717) is 6.42 Å². The van der Waals surface area contributed by atoms with Crippen LogP contribution in [-0.4, -0.2) is 18.2 Å². The fraction of sp³-hybridized carbons (Fsp3) is 0.600. The van der Waals surface area contributed by atoms with Crippen molar-refractivity contribution in [2.45, 2.75) is 12.8 Å². The third-order valence-electron chi connectivity index (χ3n) is 1.16. The van der Waals surface area contributed by atoms with Crippen molar-refractivity contribution in [3.05, 3.63) is 0 Å². The molecule has 0 aromatic heterocycles. The summed E-state index contributed by atoms with van der Waals surface area (Å²) >= 11 is 0. The minimum absolute atomic E-state index is 0.198. The number of nitrogens with one attached hydrogen (secondary N) is 2. The van der Waals surface area contributed by atoms with Crippen LogP contribution in [0.5, 0.6) is 0 Å². The molecule has 0 atom stereocenters. The Morgan fingerprint density at radius 3 is 2.75 bits per heavy atom. The third kappa shape index (κ3) is 0.857. The number of hydrogen-bond acceptors (Lipinski definition) is 2. The lowest BCUT2D eigenvalue weighted by Crippen LogP contribution is -2.36. The predicted octanol–water partition coefficient (Wildman–Crippen LogP) is -0.0838. The summed E-state index contributed by atoms with van der Waals surface area (Å²) in [4.78, 5) is 10.5. The van der Waals surface area contributed by atoms with E-state index in [9.17, 15) is 4.79 Å². The van der Waals surface area contributed by atoms with Gasteiger partial charge in [0.2, 0.25) is 0 Å². The molecule has 8 heavy (non-hydrogen) atoms. The zero-order chi connectivity index (χ0) is 5.98. The summed E-state index contributed by atoms with van der Waals surface area (Å²) < 4.78 is 0. The van der Waals surface area contributed by atoms with E-state index in [0.717, 1.165) is 13.0 Å². The molecular formula is C5H8N2O. The van der Waals surface area contributed by atoms with Crippen molar-refractivity contribution >= 4 is 11.6 Å². The molecule has 1 amide bonds. The quantitative estimate of drug-likeness (QED) is 0.452. The van der Waals surface area contributed by atoms with E-state index >= 15 is 0 Å². The van der Waals surface area contributed by atoms with E-state index in [2.05, 4.69) is 5.32 Å². The number of piperidine rings is 1. The number of rotatable bonds is 0. The largest absolute Gasteiger partial charge is 0.351 e. The Hall–Kier alpha value is -0.860. The average molecular weight is 112 g/mol. The summed E-state index contributed by atoms with van der Waals surface area (Å²) in [6, 6.07) is 0. The molecule has 0 unspecified atom stereocenters. The molecule has 0 aromatic rings. The molecule has 1 aliphatic rings. The lowest BCUT2D eigenvalue weighted by Gasteiger charge is -2.10. The van der Waals surface area contributed by atoms with Crippen molar-refractivity contribution in [3.63, 3.8) is 0 Å². The first-order chi connectivity index (χ1) is 3.80. The van der Waals surface area contributed by atoms with Gasteiger partial charge in [-0.05, 0) is 12.8 Å². The zero-order valence-corrected chi connectivity index (χ0v) is 4.53. The highest BCUT2D eigenvalue weighted by Crippen LogP contribution is 1.95. The van der Waals surface area contributed by atoms with Gasteiger partial charge < -0.3 is 5.32 Å². The molecule has 0 radical (unpaired) electrons. The number of carbonyl (C=O) groups is 1. The molecule has 1 fully saturated rings. The van der Waals surface area contributed by atoms with Gasteiger partial charge in [0.15, 0.2) is 0 Å². The summed E-state index contributed by atoms with van der Waals surface area (Å²) in [6.07, 6.45) is 1.57. The summed E-state index contributed by atoms with van der Waals surface area (Å²) in [5.41, 5.74) is 0.219. The van der Waals surface area contributed by atoms with Gasteiger partial charge in [0, 0.05) is 6.54 Å². The summed E-state index contributed by atoms with van der Waals surface area (Å²) in [6.45, 7) is 0.737. The summed E-state index contributed by atoms with van der Waals surface area (Å²) in [5.74, 6) is -0.198. The standard InChI is InChI=1S/C5H8N2O/c6-4-2-1-3-7-5(4)8/h6H,1-3H2,(H,7,8). The van der Waals surface area contributed by atoms with Crippen molar-refractivity contribution < 1.29 is 4.79 Å². The Kier molecular flexibility index (Phi) is 1.28. The van der Waals surface area contributed by atoms with Crippen LogP contribution in [0.1, 0.15) is 12.8 Å². The fourth-order valence-electron chi connectivity index (χ4n) is 0.687. The molecular weight excluding hydrogens is 104 g/mol. The first-order valence-electron chi connectivity index (χ1n) is 2.66. The second-order valence-corrected chi connectivity index (χ2v) is 1.84. The molecule has 1 aliphatic heterocycles. The van der Waals surface area contributed by atoms with Gasteiger partial charge in [-0.1, -0.05) is 0 Å². The SMILES string of the molecule is N=C1CCCNC1=O. The average Bonchev–Trinajstić information content (AvgIpc) is 1.77. The van der Waals surface area contributed by atoms with Gasteiger partial charge in [0.1, 0.15) is 0 Å². The zero-order valence-electron chi connectivity index (χ0n) is 4.53. The molecule has 2 N–H and O–H groups in total. The van der Waals surface area contributed by atoms with Gasteiger partial charge in [0.05, 0.1) is 5.71 Å². The Morgan fingerprint density at radius 2 is 2.38 bits per heavy atom. The molecule has 0 aliphatic carbocycles. The molecule has 0 bridgehead atoms. The van der Waals surface area contributed by atoms with Crippen LogP contribution in [0.4, 0.5) is 0 Å². The van der Waals surface area contributed by atoms with E-state index in [1.807, 2.05) is 0 Å². The minimum Gasteiger partial charge on any atom is -0.351 e. The van der Waals surface area contributed by atoms with Gasteiger partial charge in [0.25, 0.3) is 5.91 Å². The molecule has 3 nitrogen and oxygen atoms in total. The Bertz CT molecular complexity index is 114. The first kappa shape index (κ1) is 5.28. The van der Waals surface area contributed by atoms with Crippen molar-refractivity contribution in [1.29, 1.82) is 5.41 Å². The van der Waals surface area contributed by atoms with E-state index in [-0.39, 0.29) is 11.6 Å². The minimum atomic E-state index is -0.198. The van der Waals surface area contributed by atoms with Crippen LogP contribution in [0.15, 0.2) is 0 Å². The van der Waals surface area contributed by atoms with E-state index in [1.165, 1.54) is 0 Å². The first-order valence-corrected chi connectivity index (χ1v) is 2.66. The highest BCUT2D eigenvalue weighted by molar-refractivity contribution is 6.38. The Balaban J connectivity index is 2.52. The molecule has 1 rings (SSSR count). The van der Waals surface area contributed by atoms with Crippen LogP contribution in [0, 0.1) is 5.41 Å². The number of hydrogen-bond donors (Lipinski definition) is 2. The smallest absolute Gasteiger partial charge is 0.264 e. The van der Waals surface area contributed by atoms with Crippen LogP contribution in [-0.2, 0) is 4.79 Å². The van der Waals surface area contributed by atoms with Crippen LogP contribution >= 0.6 is 0 Å². The van der Waals surface area contributed by atoms with Crippen molar-refractivity contribution in [2.24, 2.45) is 0 Å². The molecule has 0 spiro atoms. The normalized spacial score (nSPS) is 20.5. The van der Waals surface area contributed by atoms with Gasteiger partial charge in [-0.3, -0.25) is 10.2 Å². The maximum Gasteiger partial charge on any atom is 0.264 e. The van der Waals surface area contributed by atoms with Crippen molar-refractivity contribution in [1.82, 2.24) is 5.32 Å². The van der Waals surface area contributed by atoms with Crippen LogP contribution in [0.25, 0.3) is 0 Å². The highest BCUT2D eigenvalue weighted by atomic mass is 16.1. The van der Waals surface area contributed by atoms with Gasteiger partial charge in [-0.15, -0.1) is 0 Å². The molecule has 0 saturated carbocycles. The van der Waals surface area contributed by atoms with E-state index in [4.69, 9.17) is 5.41 Å². The van der Waals surface area contributed by atoms with Crippen molar-refractivity contribution in [3.8, 4) is 0 Å². The lowest BCUT2D eigenvalue weighted by atomic mass is 10.1. The molecule has 44 valence electrons. The van der Waals surface area contributed by atoms with E-state index < -0.39 is 0 Å². The van der Waals surface area contributed by atoms with Crippen LogP contribution in [0.2, 0.25) is 0 Å². The number of carbonyl (C=O) groups excluding carboxylic acids is 1. The topological polar surface area (TPSA) is 53.0 Å². The maximum atomic E-state index is 10.5. The Labute approximate surface area is 47.6 Å². The van der Waals surface area contributed by atoms with Gasteiger partial charge in [-0.25, -0.2) is 0 Å². The molecule has 1 saturated heterocycles. The second-order valence-electron chi connectivity index (χ2n) is 1.84. The molecule has 3 heteroatoms. The van der Waals surface area contributed by atoms with E-state index in [1.54, 1.807) is 0 Å². The molecule has 1 heterocycles. The fourth-order valence-corrected chi connectivity index (χ4v) is 0.687. The second kappa shape index (κ2) is 1.94.